The van der Waals surface area contributed by atoms with E-state index in [1.807, 2.05) is 30.3 Å². The van der Waals surface area contributed by atoms with Crippen LogP contribution >= 0.6 is 11.8 Å². The molecule has 0 radical (unpaired) electrons. The Morgan fingerprint density at radius 3 is 2.32 bits per heavy atom. The van der Waals surface area contributed by atoms with Crippen molar-refractivity contribution in [3.63, 3.8) is 0 Å². The standard InChI is InChI=1S/C23H22N4O3S/c1-4-15-5-7-16(8-6-15)18-10-12-22(26-25-18)31-14-21-24-23(27-30-21)17-9-11-19(28-2)20(13-17)29-3/h5-13H,4,14H2,1-3H3. The van der Waals surface area contributed by atoms with Gasteiger partial charge in [0.2, 0.25) is 11.7 Å². The third kappa shape index (κ3) is 4.86. The number of aromatic nitrogens is 4. The molecule has 0 aliphatic heterocycles. The van der Waals surface area contributed by atoms with Crippen LogP contribution in [-0.4, -0.2) is 34.6 Å². The Hall–Kier alpha value is -3.39. The first-order valence-corrected chi connectivity index (χ1v) is 10.8. The van der Waals surface area contributed by atoms with Gasteiger partial charge in [0, 0.05) is 11.1 Å². The molecule has 2 aromatic carbocycles. The van der Waals surface area contributed by atoms with E-state index in [1.54, 1.807) is 14.2 Å². The van der Waals surface area contributed by atoms with Gasteiger partial charge in [0.25, 0.3) is 0 Å². The molecule has 7 nitrogen and oxygen atoms in total. The zero-order valence-corrected chi connectivity index (χ0v) is 18.3. The van der Waals surface area contributed by atoms with Gasteiger partial charge < -0.3 is 14.0 Å². The summed E-state index contributed by atoms with van der Waals surface area (Å²) in [6.45, 7) is 2.14. The van der Waals surface area contributed by atoms with Gasteiger partial charge in [-0.1, -0.05) is 48.1 Å². The van der Waals surface area contributed by atoms with Gasteiger partial charge in [-0.25, -0.2) is 0 Å². The number of nitrogens with zero attached hydrogens (tertiary/aromatic N) is 4. The summed E-state index contributed by atoms with van der Waals surface area (Å²) in [7, 11) is 3.19. The first-order chi connectivity index (χ1) is 15.2. The highest BCUT2D eigenvalue weighted by molar-refractivity contribution is 7.98. The number of methoxy groups -OCH3 is 2. The lowest BCUT2D eigenvalue weighted by Gasteiger charge is -2.07. The van der Waals surface area contributed by atoms with Gasteiger partial charge >= 0.3 is 0 Å². The fraction of sp³-hybridized carbons (Fsp3) is 0.217. The molecule has 2 aromatic heterocycles. The number of ether oxygens (including phenoxy) is 2. The number of benzene rings is 2. The van der Waals surface area contributed by atoms with Crippen LogP contribution in [0.2, 0.25) is 0 Å². The van der Waals surface area contributed by atoms with E-state index in [1.165, 1.54) is 17.3 Å². The van der Waals surface area contributed by atoms with E-state index < -0.39 is 0 Å². The van der Waals surface area contributed by atoms with Crippen LogP contribution in [0.3, 0.4) is 0 Å². The third-order valence-corrected chi connectivity index (χ3v) is 5.66. The molecule has 0 saturated carbocycles. The Morgan fingerprint density at radius 2 is 1.65 bits per heavy atom. The number of aryl methyl sites for hydroxylation is 1. The molecule has 158 valence electrons. The van der Waals surface area contributed by atoms with Crippen LogP contribution in [0.4, 0.5) is 0 Å². The predicted molar refractivity (Wildman–Crippen MR) is 119 cm³/mol. The number of hydrogen-bond acceptors (Lipinski definition) is 8. The van der Waals surface area contributed by atoms with Gasteiger partial charge in [-0.3, -0.25) is 0 Å². The van der Waals surface area contributed by atoms with Crippen molar-refractivity contribution in [2.75, 3.05) is 14.2 Å². The summed E-state index contributed by atoms with van der Waals surface area (Å²) in [5.74, 6) is 2.76. The molecule has 0 fully saturated rings. The molecule has 0 atom stereocenters. The van der Waals surface area contributed by atoms with Crippen molar-refractivity contribution in [3.05, 3.63) is 66.1 Å². The zero-order valence-electron chi connectivity index (χ0n) is 17.5. The Morgan fingerprint density at radius 1 is 0.871 bits per heavy atom. The highest BCUT2D eigenvalue weighted by atomic mass is 32.2. The summed E-state index contributed by atoms with van der Waals surface area (Å²) >= 11 is 1.49. The van der Waals surface area contributed by atoms with Crippen molar-refractivity contribution >= 4 is 11.8 Å². The van der Waals surface area contributed by atoms with Gasteiger partial charge in [-0.2, -0.15) is 4.98 Å². The van der Waals surface area contributed by atoms with Crippen LogP contribution in [-0.2, 0) is 12.2 Å². The highest BCUT2D eigenvalue weighted by Crippen LogP contribution is 2.31. The molecule has 4 aromatic rings. The van der Waals surface area contributed by atoms with E-state index in [0.717, 1.165) is 28.3 Å². The van der Waals surface area contributed by atoms with Gasteiger partial charge in [-0.05, 0) is 42.3 Å². The van der Waals surface area contributed by atoms with Crippen LogP contribution in [0.5, 0.6) is 11.5 Å². The molecule has 31 heavy (non-hydrogen) atoms. The minimum Gasteiger partial charge on any atom is -0.493 e. The minimum absolute atomic E-state index is 0.494. The van der Waals surface area contributed by atoms with E-state index in [9.17, 15) is 0 Å². The van der Waals surface area contributed by atoms with Gasteiger partial charge in [0.05, 0.1) is 25.7 Å². The molecule has 0 amide bonds. The monoisotopic (exact) mass is 434 g/mol. The van der Waals surface area contributed by atoms with Crippen LogP contribution < -0.4 is 9.47 Å². The topological polar surface area (TPSA) is 83.2 Å². The van der Waals surface area contributed by atoms with Gasteiger partial charge in [0.15, 0.2) is 11.5 Å². The van der Waals surface area contributed by atoms with Crippen molar-refractivity contribution in [2.45, 2.75) is 24.1 Å². The van der Waals surface area contributed by atoms with Crippen molar-refractivity contribution in [1.29, 1.82) is 0 Å². The first-order valence-electron chi connectivity index (χ1n) is 9.81. The van der Waals surface area contributed by atoms with Crippen LogP contribution in [0, 0.1) is 0 Å². The molecule has 0 aliphatic carbocycles. The Labute approximate surface area is 184 Å². The van der Waals surface area contributed by atoms with Crippen molar-refractivity contribution in [2.24, 2.45) is 0 Å². The molecule has 0 saturated heterocycles. The van der Waals surface area contributed by atoms with E-state index in [0.29, 0.717) is 29.0 Å². The second-order valence-corrected chi connectivity index (χ2v) is 7.67. The molecule has 4 rings (SSSR count). The van der Waals surface area contributed by atoms with E-state index in [-0.39, 0.29) is 0 Å². The third-order valence-electron chi connectivity index (χ3n) is 4.75. The normalized spacial score (nSPS) is 10.8. The predicted octanol–water partition coefficient (Wildman–Crippen LogP) is 5.07. The lowest BCUT2D eigenvalue weighted by Crippen LogP contribution is -1.92. The van der Waals surface area contributed by atoms with E-state index in [2.05, 4.69) is 51.5 Å². The number of thioether (sulfide) groups is 1. The quantitative estimate of drug-likeness (QED) is 0.356. The second-order valence-electron chi connectivity index (χ2n) is 6.68. The first kappa shape index (κ1) is 20.9. The summed E-state index contributed by atoms with van der Waals surface area (Å²) in [6.07, 6.45) is 1.02. The molecule has 2 heterocycles. The van der Waals surface area contributed by atoms with Crippen molar-refractivity contribution < 1.29 is 14.0 Å². The lowest BCUT2D eigenvalue weighted by molar-refractivity contribution is 0.355. The Bertz CT molecular complexity index is 1140. The highest BCUT2D eigenvalue weighted by Gasteiger charge is 2.13. The smallest absolute Gasteiger partial charge is 0.237 e. The molecule has 0 N–H and O–H groups in total. The largest absolute Gasteiger partial charge is 0.493 e. The summed E-state index contributed by atoms with van der Waals surface area (Å²) < 4.78 is 16.0. The zero-order chi connectivity index (χ0) is 21.6. The summed E-state index contributed by atoms with van der Waals surface area (Å²) in [4.78, 5) is 4.46. The maximum absolute atomic E-state index is 5.38. The van der Waals surface area contributed by atoms with Crippen molar-refractivity contribution in [3.8, 4) is 34.1 Å². The molecular formula is C23H22N4O3S. The SMILES string of the molecule is CCc1ccc(-c2ccc(SCc3nc(-c4ccc(OC)c(OC)c4)no3)nn2)cc1. The summed E-state index contributed by atoms with van der Waals surface area (Å²) in [5, 5.41) is 13.5. The fourth-order valence-corrected chi connectivity index (χ4v) is 3.66. The second kappa shape index (κ2) is 9.61. The summed E-state index contributed by atoms with van der Waals surface area (Å²) in [6, 6.07) is 17.8. The van der Waals surface area contributed by atoms with Gasteiger partial charge in [-0.15, -0.1) is 10.2 Å². The minimum atomic E-state index is 0.494. The average Bonchev–Trinajstić information content (AvgIpc) is 3.32. The van der Waals surface area contributed by atoms with Gasteiger partial charge in [0.1, 0.15) is 5.03 Å². The number of hydrogen-bond donors (Lipinski definition) is 0. The Kier molecular flexibility index (Phi) is 6.47. The maximum Gasteiger partial charge on any atom is 0.237 e. The lowest BCUT2D eigenvalue weighted by atomic mass is 10.1. The van der Waals surface area contributed by atoms with Crippen LogP contribution in [0.15, 0.2) is 64.1 Å². The number of rotatable bonds is 8. The van der Waals surface area contributed by atoms with Crippen LogP contribution in [0.1, 0.15) is 18.4 Å². The Balaban J connectivity index is 1.40. The van der Waals surface area contributed by atoms with Crippen molar-refractivity contribution in [1.82, 2.24) is 20.3 Å². The van der Waals surface area contributed by atoms with E-state index in [4.69, 9.17) is 14.0 Å². The molecule has 0 aliphatic rings. The summed E-state index contributed by atoms with van der Waals surface area (Å²) in [5.41, 5.74) is 3.99. The average molecular weight is 435 g/mol. The van der Waals surface area contributed by atoms with E-state index >= 15 is 0 Å². The van der Waals surface area contributed by atoms with Crippen LogP contribution in [0.25, 0.3) is 22.6 Å². The molecule has 0 unspecified atom stereocenters. The fourth-order valence-electron chi connectivity index (χ4n) is 3.00. The molecule has 8 heteroatoms. The maximum atomic E-state index is 5.38. The molecule has 0 bridgehead atoms. The molecule has 0 spiro atoms. The molecular weight excluding hydrogens is 412 g/mol.